The van der Waals surface area contributed by atoms with E-state index in [1.807, 2.05) is 0 Å². The molecule has 1 saturated carbocycles. The molecule has 43 heavy (non-hydrogen) atoms. The van der Waals surface area contributed by atoms with E-state index in [4.69, 9.17) is 15.0 Å². The summed E-state index contributed by atoms with van der Waals surface area (Å²) in [7, 11) is -3.81. The molecule has 0 radical (unpaired) electrons. The summed E-state index contributed by atoms with van der Waals surface area (Å²) in [5.41, 5.74) is 9.11. The summed E-state index contributed by atoms with van der Waals surface area (Å²) >= 11 is 0. The van der Waals surface area contributed by atoms with Crippen molar-refractivity contribution in [3.63, 3.8) is 0 Å². The zero-order chi connectivity index (χ0) is 30.8. The Kier molecular flexibility index (Phi) is 16.4. The fourth-order valence-corrected chi connectivity index (χ4v) is 8.14. The number of hydrogen-bond acceptors (Lipinski definition) is 4. The van der Waals surface area contributed by atoms with Crippen LogP contribution in [-0.2, 0) is 15.5 Å². The van der Waals surface area contributed by atoms with Gasteiger partial charge in [0.15, 0.2) is 0 Å². The standard InChI is InChI=1S/C36H58NO4P.U/c1-7-9-11-12-13-17-25-42(38,39)41-35(22-15-16-23-35)30(6)40-34-27-31(18-14-10-8-2)19-20-32(34)33-26-29(5)21-24-36(33,37)28(3)4;/h19,21,27,33H,6-18,22-26,37H2,1-5H3,(H,38,39);/q-2;+2. The third-order valence-electron chi connectivity index (χ3n) is 9.54. The van der Waals surface area contributed by atoms with Crippen LogP contribution in [0.5, 0.6) is 5.75 Å². The Morgan fingerprint density at radius 1 is 1.12 bits per heavy atom. The number of rotatable bonds is 18. The Hall–Kier alpha value is -0.338. The maximum absolute atomic E-state index is 13.3. The van der Waals surface area contributed by atoms with Gasteiger partial charge in [0.1, 0.15) is 11.4 Å². The van der Waals surface area contributed by atoms with Crippen LogP contribution in [0, 0.1) is 43.1 Å². The summed E-state index contributed by atoms with van der Waals surface area (Å²) in [4.78, 5) is 10.9. The summed E-state index contributed by atoms with van der Waals surface area (Å²) in [6, 6.07) is 7.84. The smallest absolute Gasteiger partial charge is 0.518 e. The van der Waals surface area contributed by atoms with E-state index in [-0.39, 0.29) is 43.2 Å². The van der Waals surface area contributed by atoms with Crippen molar-refractivity contribution in [3.05, 3.63) is 59.2 Å². The van der Waals surface area contributed by atoms with E-state index in [0.29, 0.717) is 30.8 Å². The summed E-state index contributed by atoms with van der Waals surface area (Å²) in [5, 5.41) is 0. The van der Waals surface area contributed by atoms with Crippen LogP contribution in [-0.4, -0.2) is 22.2 Å². The molecule has 1 fully saturated rings. The molecule has 3 N–H and O–H groups in total. The first-order valence-corrected chi connectivity index (χ1v) is 18.4. The average Bonchev–Trinajstić information content (AvgIpc) is 3.41. The second-order valence-electron chi connectivity index (χ2n) is 13.2. The third kappa shape index (κ3) is 10.9. The van der Waals surface area contributed by atoms with Crippen molar-refractivity contribution < 1.29 is 49.8 Å². The summed E-state index contributed by atoms with van der Waals surface area (Å²) < 4.78 is 26.2. The van der Waals surface area contributed by atoms with E-state index in [9.17, 15) is 9.46 Å². The number of allylic oxidation sites excluding steroid dienone is 1. The van der Waals surface area contributed by atoms with Crippen molar-refractivity contribution in [2.75, 3.05) is 6.16 Å². The predicted molar refractivity (Wildman–Crippen MR) is 176 cm³/mol. The molecule has 3 atom stereocenters. The topological polar surface area (TPSA) is 81.8 Å². The van der Waals surface area contributed by atoms with Crippen LogP contribution in [0.4, 0.5) is 0 Å². The Bertz CT molecular complexity index is 1100. The van der Waals surface area contributed by atoms with Crippen LogP contribution in [0.25, 0.3) is 0 Å². The molecule has 2 aliphatic carbocycles. The fraction of sp³-hybridized carbons (Fsp3) is 0.694. The molecule has 1 aromatic rings. The van der Waals surface area contributed by atoms with Crippen molar-refractivity contribution in [2.24, 2.45) is 5.73 Å². The zero-order valence-electron chi connectivity index (χ0n) is 27.7. The largest absolute Gasteiger partial charge is 2.00 e. The number of unbranched alkanes of at least 4 members (excludes halogenated alkanes) is 7. The molecule has 3 rings (SSSR count). The van der Waals surface area contributed by atoms with Crippen LogP contribution in [0.3, 0.4) is 0 Å². The first-order chi connectivity index (χ1) is 20.0. The number of hydrogen-bond donors (Lipinski definition) is 2. The van der Waals surface area contributed by atoms with Gasteiger partial charge in [0.25, 0.3) is 0 Å². The summed E-state index contributed by atoms with van der Waals surface area (Å²) in [5.74, 6) is 2.34. The quantitative estimate of drug-likeness (QED) is 0.0506. The summed E-state index contributed by atoms with van der Waals surface area (Å²) in [6.45, 7) is 15.2. The van der Waals surface area contributed by atoms with Crippen LogP contribution in [0.15, 0.2) is 36.1 Å². The first kappa shape index (κ1) is 38.8. The van der Waals surface area contributed by atoms with Crippen molar-refractivity contribution >= 4 is 7.60 Å². The van der Waals surface area contributed by atoms with Crippen molar-refractivity contribution in [1.82, 2.24) is 0 Å². The zero-order valence-corrected chi connectivity index (χ0v) is 32.8. The average molecular weight is 838 g/mol. The van der Waals surface area contributed by atoms with Crippen molar-refractivity contribution in [2.45, 2.75) is 154 Å². The SMILES string of the molecule is C=C(Oc1cc(CCCCC)c[c-]c1C1CC(C)=CCC1(N)[C-](C)C)C1(OP(=O)(O)CCCCCCCC)CCCC1.[U+2]. The molecule has 0 amide bonds. The third-order valence-corrected chi connectivity index (χ3v) is 11.1. The van der Waals surface area contributed by atoms with Crippen LogP contribution >= 0.6 is 7.60 Å². The molecule has 0 aromatic heterocycles. The number of nitrogens with two attached hydrogens (primary N) is 1. The van der Waals surface area contributed by atoms with Crippen molar-refractivity contribution in [3.8, 4) is 5.75 Å². The molecule has 7 heteroatoms. The molecule has 1 aromatic carbocycles. The van der Waals surface area contributed by atoms with Crippen LogP contribution in [0.1, 0.15) is 148 Å². The number of aryl methyl sites for hydroxylation is 1. The van der Waals surface area contributed by atoms with Crippen molar-refractivity contribution in [1.29, 1.82) is 0 Å². The Morgan fingerprint density at radius 2 is 1.74 bits per heavy atom. The van der Waals surface area contributed by atoms with Gasteiger partial charge >= 0.3 is 38.7 Å². The van der Waals surface area contributed by atoms with Gasteiger partial charge < -0.3 is 15.4 Å². The molecule has 0 heterocycles. The minimum Gasteiger partial charge on any atom is -0.518 e. The maximum atomic E-state index is 13.3. The number of benzene rings is 1. The van der Waals surface area contributed by atoms with Gasteiger partial charge in [0, 0.05) is 5.75 Å². The minimum atomic E-state index is -3.81. The van der Waals surface area contributed by atoms with E-state index < -0.39 is 18.7 Å². The maximum Gasteiger partial charge on any atom is 2.00 e. The summed E-state index contributed by atoms with van der Waals surface area (Å²) in [6.07, 6.45) is 17.9. The van der Waals surface area contributed by atoms with Gasteiger partial charge in [-0.25, -0.2) is 0 Å². The Balaban J connectivity index is 0.00000645. The predicted octanol–water partition coefficient (Wildman–Crippen LogP) is 10.1. The Morgan fingerprint density at radius 3 is 2.40 bits per heavy atom. The molecule has 0 bridgehead atoms. The molecule has 0 saturated heterocycles. The van der Waals surface area contributed by atoms with Gasteiger partial charge in [-0.2, -0.15) is 31.5 Å². The van der Waals surface area contributed by atoms with Crippen LogP contribution < -0.4 is 10.5 Å². The molecular weight excluding hydrogens is 779 g/mol. The van der Waals surface area contributed by atoms with E-state index in [1.54, 1.807) is 0 Å². The second kappa shape index (κ2) is 18.1. The van der Waals surface area contributed by atoms with Gasteiger partial charge in [0.2, 0.25) is 0 Å². The van der Waals surface area contributed by atoms with Gasteiger partial charge in [-0.3, -0.25) is 15.0 Å². The fourth-order valence-electron chi connectivity index (χ4n) is 6.60. The van der Waals surface area contributed by atoms with Gasteiger partial charge in [0.05, 0.1) is 6.16 Å². The van der Waals surface area contributed by atoms with Gasteiger partial charge in [-0.05, 0) is 57.8 Å². The molecule has 0 spiro atoms. The van der Waals surface area contributed by atoms with E-state index in [2.05, 4.69) is 65.5 Å². The molecule has 5 nitrogen and oxygen atoms in total. The Labute approximate surface area is 287 Å². The molecule has 2 aliphatic rings. The minimum absolute atomic E-state index is 0. The number of ether oxygens (including phenoxy) is 1. The molecule has 3 unspecified atom stereocenters. The second-order valence-corrected chi connectivity index (χ2v) is 15.1. The molecular formula is C36H58NO4PU. The van der Waals surface area contributed by atoms with E-state index in [1.165, 1.54) is 42.7 Å². The van der Waals surface area contributed by atoms with Gasteiger partial charge in [-0.1, -0.05) is 95.4 Å². The van der Waals surface area contributed by atoms with E-state index >= 15 is 0 Å². The van der Waals surface area contributed by atoms with E-state index in [0.717, 1.165) is 63.4 Å². The van der Waals surface area contributed by atoms with Gasteiger partial charge in [-0.15, -0.1) is 11.6 Å². The van der Waals surface area contributed by atoms with Crippen LogP contribution in [0.2, 0.25) is 0 Å². The molecule has 240 valence electrons. The normalized spacial score (nSPS) is 23.0. The first-order valence-electron chi connectivity index (χ1n) is 16.7. The monoisotopic (exact) mass is 837 g/mol. The molecule has 0 aliphatic heterocycles.